The SMILES string of the molecule is O=C(Nc1cc(CCCCn2ccc3cc(CNC[C@H](O)c4ccc(O)c5[nH]c(=O)ccc45)ccc32)ccc1-c1ccccc1)O[C@H]1CN2CCC1CC2. The number of phenolic OH excluding ortho intramolecular Hbond substituents is 1. The minimum absolute atomic E-state index is 0.0260. The Bertz CT molecular complexity index is 2310. The first-order chi connectivity index (χ1) is 26.4. The Kier molecular flexibility index (Phi) is 10.5. The molecule has 2 bridgehead atoms. The highest BCUT2D eigenvalue weighted by Gasteiger charge is 2.36. The first kappa shape index (κ1) is 35.6. The van der Waals surface area contributed by atoms with E-state index in [-0.39, 0.29) is 23.5 Å². The quantitative estimate of drug-likeness (QED) is 0.0788. The number of carbonyl (C=O) groups excluding carboxylic acids is 1. The lowest BCUT2D eigenvalue weighted by atomic mass is 9.86. The average molecular weight is 726 g/mol. The number of carbonyl (C=O) groups is 1. The van der Waals surface area contributed by atoms with E-state index in [0.717, 1.165) is 80.7 Å². The fraction of sp³-hybridized carbons (Fsp3) is 0.318. The van der Waals surface area contributed by atoms with Gasteiger partial charge in [-0.2, -0.15) is 0 Å². The van der Waals surface area contributed by atoms with Gasteiger partial charge < -0.3 is 29.8 Å². The van der Waals surface area contributed by atoms with E-state index < -0.39 is 6.10 Å². The van der Waals surface area contributed by atoms with Gasteiger partial charge in [-0.3, -0.25) is 15.0 Å². The first-order valence-corrected chi connectivity index (χ1v) is 19.1. The van der Waals surface area contributed by atoms with Crippen molar-refractivity contribution in [2.75, 3.05) is 31.5 Å². The highest BCUT2D eigenvalue weighted by atomic mass is 16.6. The predicted molar refractivity (Wildman–Crippen MR) is 213 cm³/mol. The Balaban J connectivity index is 0.852. The third kappa shape index (κ3) is 7.91. The van der Waals surface area contributed by atoms with Crippen LogP contribution in [0.1, 0.15) is 48.5 Å². The van der Waals surface area contributed by atoms with Crippen molar-refractivity contribution in [3.05, 3.63) is 130 Å². The van der Waals surface area contributed by atoms with Crippen LogP contribution in [0.2, 0.25) is 0 Å². The summed E-state index contributed by atoms with van der Waals surface area (Å²) in [6.45, 7) is 4.84. The van der Waals surface area contributed by atoms with Gasteiger partial charge in [0.15, 0.2) is 0 Å². The van der Waals surface area contributed by atoms with Crippen LogP contribution < -0.4 is 16.2 Å². The number of unbranched alkanes of at least 4 members (excludes halogenated alkanes) is 1. The summed E-state index contributed by atoms with van der Waals surface area (Å²) < 4.78 is 8.28. The van der Waals surface area contributed by atoms with Gasteiger partial charge in [-0.15, -0.1) is 0 Å². The molecule has 0 aliphatic carbocycles. The molecule has 4 aromatic carbocycles. The summed E-state index contributed by atoms with van der Waals surface area (Å²) in [6, 6.07) is 31.3. The van der Waals surface area contributed by atoms with Crippen molar-refractivity contribution in [3.63, 3.8) is 0 Å². The van der Waals surface area contributed by atoms with Gasteiger partial charge in [0.25, 0.3) is 0 Å². The molecule has 3 saturated heterocycles. The van der Waals surface area contributed by atoms with Gasteiger partial charge in [0.05, 0.1) is 17.3 Å². The number of amides is 1. The Morgan fingerprint density at radius 2 is 1.76 bits per heavy atom. The minimum atomic E-state index is -0.815. The summed E-state index contributed by atoms with van der Waals surface area (Å²) in [5.41, 5.74) is 6.96. The number of aryl methyl sites for hydroxylation is 2. The molecule has 5 N–H and O–H groups in total. The lowest BCUT2D eigenvalue weighted by molar-refractivity contribution is -0.0289. The van der Waals surface area contributed by atoms with Gasteiger partial charge in [0.2, 0.25) is 5.56 Å². The topological polar surface area (TPSA) is 132 Å². The number of anilines is 1. The van der Waals surface area contributed by atoms with Crippen molar-refractivity contribution >= 4 is 33.6 Å². The van der Waals surface area contributed by atoms with Gasteiger partial charge in [-0.1, -0.05) is 54.6 Å². The zero-order valence-electron chi connectivity index (χ0n) is 30.3. The summed E-state index contributed by atoms with van der Waals surface area (Å²) in [5, 5.41) is 29.3. The second-order valence-corrected chi connectivity index (χ2v) is 14.7. The Hall–Kier alpha value is -5.42. The van der Waals surface area contributed by atoms with Crippen molar-refractivity contribution < 1.29 is 19.7 Å². The van der Waals surface area contributed by atoms with Gasteiger partial charge in [-0.25, -0.2) is 4.79 Å². The van der Waals surface area contributed by atoms with E-state index in [9.17, 15) is 19.8 Å². The van der Waals surface area contributed by atoms with Crippen molar-refractivity contribution in [3.8, 4) is 16.9 Å². The van der Waals surface area contributed by atoms with E-state index in [0.29, 0.717) is 35.5 Å². The molecule has 2 aromatic heterocycles. The fourth-order valence-corrected chi connectivity index (χ4v) is 8.22. The molecule has 9 rings (SSSR count). The number of nitrogens with one attached hydrogen (secondary N) is 3. The van der Waals surface area contributed by atoms with Gasteiger partial charge >= 0.3 is 6.09 Å². The van der Waals surface area contributed by atoms with Crippen LogP contribution in [0.5, 0.6) is 5.75 Å². The normalized spacial score (nSPS) is 18.6. The Labute approximate surface area is 314 Å². The molecule has 0 unspecified atom stereocenters. The second-order valence-electron chi connectivity index (χ2n) is 14.7. The number of nitrogens with zero attached hydrogens (tertiary/aromatic N) is 2. The molecule has 10 heteroatoms. The van der Waals surface area contributed by atoms with Gasteiger partial charge in [-0.05, 0) is 115 Å². The summed E-state index contributed by atoms with van der Waals surface area (Å²) >= 11 is 0. The number of aliphatic hydroxyl groups is 1. The third-order valence-electron chi connectivity index (χ3n) is 11.1. The average Bonchev–Trinajstić information content (AvgIpc) is 3.59. The number of piperidine rings is 3. The molecule has 5 heterocycles. The molecule has 2 atom stereocenters. The number of hydrogen-bond donors (Lipinski definition) is 5. The number of pyridine rings is 1. The van der Waals surface area contributed by atoms with E-state index in [1.165, 1.54) is 28.6 Å². The van der Waals surface area contributed by atoms with Crippen molar-refractivity contribution in [2.45, 2.75) is 57.4 Å². The van der Waals surface area contributed by atoms with Crippen LogP contribution in [-0.4, -0.2) is 63.0 Å². The van der Waals surface area contributed by atoms with E-state index in [4.69, 9.17) is 4.74 Å². The van der Waals surface area contributed by atoms with E-state index in [1.807, 2.05) is 18.2 Å². The molecule has 278 valence electrons. The first-order valence-electron chi connectivity index (χ1n) is 19.1. The molecular weight excluding hydrogens is 679 g/mol. The third-order valence-corrected chi connectivity index (χ3v) is 11.1. The summed E-state index contributed by atoms with van der Waals surface area (Å²) in [7, 11) is 0. The molecule has 54 heavy (non-hydrogen) atoms. The second kappa shape index (κ2) is 15.9. The van der Waals surface area contributed by atoms with Crippen LogP contribution in [-0.2, 0) is 24.2 Å². The number of aromatic amines is 1. The lowest BCUT2D eigenvalue weighted by Gasteiger charge is -2.43. The largest absolute Gasteiger partial charge is 0.506 e. The van der Waals surface area contributed by atoms with Gasteiger partial charge in [0.1, 0.15) is 11.9 Å². The van der Waals surface area contributed by atoms with Crippen molar-refractivity contribution in [1.82, 2.24) is 19.8 Å². The van der Waals surface area contributed by atoms with Crippen molar-refractivity contribution in [2.24, 2.45) is 5.92 Å². The fourth-order valence-electron chi connectivity index (χ4n) is 8.22. The number of aromatic nitrogens is 2. The summed E-state index contributed by atoms with van der Waals surface area (Å²) in [4.78, 5) is 30.0. The molecule has 1 amide bonds. The number of ether oxygens (including phenoxy) is 1. The Morgan fingerprint density at radius 3 is 2.57 bits per heavy atom. The van der Waals surface area contributed by atoms with E-state index >= 15 is 0 Å². The van der Waals surface area contributed by atoms with E-state index in [1.54, 1.807) is 12.1 Å². The monoisotopic (exact) mass is 725 g/mol. The number of aromatic hydroxyl groups is 1. The number of hydrogen-bond acceptors (Lipinski definition) is 7. The number of aliphatic hydroxyl groups excluding tert-OH is 1. The highest BCUT2D eigenvalue weighted by Crippen LogP contribution is 2.33. The molecule has 3 fully saturated rings. The summed E-state index contributed by atoms with van der Waals surface area (Å²) in [5.74, 6) is 0.431. The zero-order valence-corrected chi connectivity index (χ0v) is 30.3. The molecule has 10 nitrogen and oxygen atoms in total. The molecular formula is C44H47N5O5. The summed E-state index contributed by atoms with van der Waals surface area (Å²) in [6.07, 6.45) is 6.02. The number of H-pyrrole nitrogens is 1. The molecule has 3 aliphatic heterocycles. The maximum Gasteiger partial charge on any atom is 0.411 e. The molecule has 0 saturated carbocycles. The van der Waals surface area contributed by atoms with Crippen LogP contribution >= 0.6 is 0 Å². The minimum Gasteiger partial charge on any atom is -0.506 e. The van der Waals surface area contributed by atoms with Crippen LogP contribution in [0.15, 0.2) is 108 Å². The maximum atomic E-state index is 13.2. The molecule has 0 spiro atoms. The molecule has 3 aliphatic rings. The number of phenols is 1. The van der Waals surface area contributed by atoms with Crippen LogP contribution in [0.25, 0.3) is 32.9 Å². The van der Waals surface area contributed by atoms with Crippen LogP contribution in [0.4, 0.5) is 10.5 Å². The van der Waals surface area contributed by atoms with Gasteiger partial charge in [0, 0.05) is 54.9 Å². The smallest absolute Gasteiger partial charge is 0.411 e. The number of benzene rings is 4. The standard InChI is InChI=1S/C44H47N5O5/c50-39-15-12-35(36-13-16-42(52)47-43(36)39)40(51)27-45-26-30-10-14-38-33(24-30)19-23-49(38)20-5-4-6-29-9-11-34(31-7-2-1-3-8-31)37(25-29)46-44(53)54-41-28-48-21-17-32(41)18-22-48/h1-3,7-16,19,23-25,32,40-41,45,50-51H,4-6,17-18,20-22,26-28H2,(H,46,53)(H,47,52)/t40-,41-/m0/s1. The van der Waals surface area contributed by atoms with E-state index in [2.05, 4.69) is 85.9 Å². The highest BCUT2D eigenvalue weighted by molar-refractivity contribution is 5.92. The molecule has 0 radical (unpaired) electrons. The number of fused-ring (bicyclic) bond motifs is 5. The Morgan fingerprint density at radius 1 is 0.926 bits per heavy atom. The number of rotatable bonds is 13. The maximum absolute atomic E-state index is 13.2. The zero-order chi connectivity index (χ0) is 37.0. The molecule has 6 aromatic rings. The van der Waals surface area contributed by atoms with Crippen molar-refractivity contribution in [1.29, 1.82) is 0 Å². The lowest BCUT2D eigenvalue weighted by Crippen LogP contribution is -2.52. The van der Waals surface area contributed by atoms with Crippen LogP contribution in [0, 0.1) is 5.92 Å². The van der Waals surface area contributed by atoms with Crippen LogP contribution in [0.3, 0.4) is 0 Å². The predicted octanol–water partition coefficient (Wildman–Crippen LogP) is 7.34.